The highest BCUT2D eigenvalue weighted by Gasteiger charge is 2.12. The van der Waals surface area contributed by atoms with Gasteiger partial charge in [-0.15, -0.1) is 0 Å². The lowest BCUT2D eigenvalue weighted by Gasteiger charge is -2.18. The van der Waals surface area contributed by atoms with Crippen molar-refractivity contribution in [1.82, 2.24) is 5.32 Å². The van der Waals surface area contributed by atoms with Gasteiger partial charge in [0, 0.05) is 10.5 Å². The van der Waals surface area contributed by atoms with Gasteiger partial charge in [0.2, 0.25) is 0 Å². The average molecular weight is 324 g/mol. The van der Waals surface area contributed by atoms with Crippen molar-refractivity contribution < 1.29 is 0 Å². The van der Waals surface area contributed by atoms with E-state index in [2.05, 4.69) is 70.1 Å². The molecular formula is C15H18BrNS. The second-order valence-corrected chi connectivity index (χ2v) is 6.09. The number of nitrogens with one attached hydrogen (secondary N) is 1. The van der Waals surface area contributed by atoms with Crippen molar-refractivity contribution in [2.24, 2.45) is 0 Å². The third-order valence-corrected chi connectivity index (χ3v) is 4.66. The van der Waals surface area contributed by atoms with Crippen LogP contribution >= 0.6 is 27.3 Å². The van der Waals surface area contributed by atoms with E-state index in [1.165, 1.54) is 21.2 Å². The van der Waals surface area contributed by atoms with E-state index >= 15 is 0 Å². The Balaban J connectivity index is 2.20. The van der Waals surface area contributed by atoms with Crippen LogP contribution < -0.4 is 5.32 Å². The third kappa shape index (κ3) is 3.44. The number of thiophene rings is 1. The maximum Gasteiger partial charge on any atom is 0.0361 e. The van der Waals surface area contributed by atoms with E-state index in [9.17, 15) is 0 Å². The Kier molecular flexibility index (Phi) is 4.98. The molecule has 0 bridgehead atoms. The van der Waals surface area contributed by atoms with E-state index in [0.717, 1.165) is 13.0 Å². The van der Waals surface area contributed by atoms with Gasteiger partial charge in [-0.3, -0.25) is 0 Å². The predicted octanol–water partition coefficient (Wildman–Crippen LogP) is 4.71. The fourth-order valence-electron chi connectivity index (χ4n) is 2.02. The Morgan fingerprint density at radius 3 is 2.78 bits per heavy atom. The number of aryl methyl sites for hydroxylation is 1. The lowest BCUT2D eigenvalue weighted by Crippen LogP contribution is -2.22. The summed E-state index contributed by atoms with van der Waals surface area (Å²) in [5.41, 5.74) is 4.03. The minimum atomic E-state index is 0.390. The van der Waals surface area contributed by atoms with E-state index in [1.807, 2.05) is 0 Å². The molecule has 1 nitrogen and oxygen atoms in total. The second kappa shape index (κ2) is 6.50. The molecule has 18 heavy (non-hydrogen) atoms. The average Bonchev–Trinajstić information content (AvgIpc) is 2.85. The second-order valence-electron chi connectivity index (χ2n) is 4.45. The quantitative estimate of drug-likeness (QED) is 0.840. The number of benzene rings is 1. The topological polar surface area (TPSA) is 12.0 Å². The maximum atomic E-state index is 3.62. The molecule has 1 aromatic carbocycles. The fourth-order valence-corrected chi connectivity index (χ4v) is 3.10. The molecule has 2 rings (SSSR count). The Morgan fingerprint density at radius 2 is 2.17 bits per heavy atom. The van der Waals surface area contributed by atoms with E-state index in [4.69, 9.17) is 0 Å². The van der Waals surface area contributed by atoms with Crippen molar-refractivity contribution in [3.05, 3.63) is 56.2 Å². The van der Waals surface area contributed by atoms with Crippen LogP contribution in [-0.2, 0) is 6.42 Å². The van der Waals surface area contributed by atoms with Crippen LogP contribution in [0.25, 0.3) is 0 Å². The van der Waals surface area contributed by atoms with Gasteiger partial charge >= 0.3 is 0 Å². The zero-order valence-corrected chi connectivity index (χ0v) is 13.1. The molecule has 1 N–H and O–H groups in total. The maximum absolute atomic E-state index is 3.62. The Bertz CT molecular complexity index is 493. The predicted molar refractivity (Wildman–Crippen MR) is 83.3 cm³/mol. The van der Waals surface area contributed by atoms with Crippen LogP contribution in [0.15, 0.2) is 39.5 Å². The van der Waals surface area contributed by atoms with Crippen molar-refractivity contribution in [1.29, 1.82) is 0 Å². The van der Waals surface area contributed by atoms with Crippen LogP contribution in [0.5, 0.6) is 0 Å². The monoisotopic (exact) mass is 323 g/mol. The lowest BCUT2D eigenvalue weighted by atomic mass is 9.99. The first-order valence-electron chi connectivity index (χ1n) is 6.21. The number of rotatable bonds is 5. The zero-order chi connectivity index (χ0) is 13.0. The lowest BCUT2D eigenvalue weighted by molar-refractivity contribution is 0.550. The highest BCUT2D eigenvalue weighted by atomic mass is 79.9. The van der Waals surface area contributed by atoms with Crippen molar-refractivity contribution in [2.75, 3.05) is 6.54 Å². The SMILES string of the molecule is CCNC(Cc1ccsc1)c1ccc(C)c(Br)c1. The van der Waals surface area contributed by atoms with Crippen LogP contribution in [-0.4, -0.2) is 6.54 Å². The van der Waals surface area contributed by atoms with Gasteiger partial charge in [0.25, 0.3) is 0 Å². The zero-order valence-electron chi connectivity index (χ0n) is 10.7. The number of hydrogen-bond acceptors (Lipinski definition) is 2. The van der Waals surface area contributed by atoms with E-state index in [-0.39, 0.29) is 0 Å². The van der Waals surface area contributed by atoms with Crippen LogP contribution in [0, 0.1) is 6.92 Å². The molecule has 0 aliphatic carbocycles. The summed E-state index contributed by atoms with van der Waals surface area (Å²) in [6.07, 6.45) is 1.05. The number of likely N-dealkylation sites (N-methyl/N-ethyl adjacent to an activating group) is 1. The molecule has 1 unspecified atom stereocenters. The van der Waals surface area contributed by atoms with Gasteiger partial charge in [-0.05, 0) is 59.5 Å². The van der Waals surface area contributed by atoms with Crippen molar-refractivity contribution in [3.8, 4) is 0 Å². The normalized spacial score (nSPS) is 12.6. The van der Waals surface area contributed by atoms with Crippen LogP contribution in [0.4, 0.5) is 0 Å². The highest BCUT2D eigenvalue weighted by Crippen LogP contribution is 2.25. The third-order valence-electron chi connectivity index (χ3n) is 3.07. The van der Waals surface area contributed by atoms with Gasteiger partial charge in [0.05, 0.1) is 0 Å². The molecule has 0 saturated carbocycles. The van der Waals surface area contributed by atoms with Crippen molar-refractivity contribution in [2.45, 2.75) is 26.3 Å². The molecule has 2 aromatic rings. The van der Waals surface area contributed by atoms with E-state index in [0.29, 0.717) is 6.04 Å². The highest BCUT2D eigenvalue weighted by molar-refractivity contribution is 9.10. The Labute approximate surface area is 121 Å². The number of hydrogen-bond donors (Lipinski definition) is 1. The minimum Gasteiger partial charge on any atom is -0.310 e. The standard InChI is InChI=1S/C15H18BrNS/c1-3-17-15(8-12-6-7-18-10-12)13-5-4-11(2)14(16)9-13/h4-7,9-10,15,17H,3,8H2,1-2H3. The summed E-state index contributed by atoms with van der Waals surface area (Å²) in [4.78, 5) is 0. The Hall–Kier alpha value is -0.640. The van der Waals surface area contributed by atoms with E-state index in [1.54, 1.807) is 11.3 Å². The van der Waals surface area contributed by atoms with Gasteiger partial charge in [0.1, 0.15) is 0 Å². The molecule has 3 heteroatoms. The first-order chi connectivity index (χ1) is 8.70. The molecule has 1 atom stereocenters. The van der Waals surface area contributed by atoms with Gasteiger partial charge in [-0.2, -0.15) is 11.3 Å². The summed E-state index contributed by atoms with van der Waals surface area (Å²) in [5, 5.41) is 7.94. The summed E-state index contributed by atoms with van der Waals surface area (Å²) < 4.78 is 1.19. The molecule has 0 radical (unpaired) electrons. The molecule has 0 saturated heterocycles. The minimum absolute atomic E-state index is 0.390. The molecule has 0 aliphatic rings. The molecule has 0 fully saturated rings. The molecule has 96 valence electrons. The van der Waals surface area contributed by atoms with Crippen molar-refractivity contribution in [3.63, 3.8) is 0 Å². The first kappa shape index (κ1) is 13.8. The molecule has 0 spiro atoms. The molecule has 0 aliphatic heterocycles. The van der Waals surface area contributed by atoms with E-state index < -0.39 is 0 Å². The molecule has 1 aromatic heterocycles. The van der Waals surface area contributed by atoms with Gasteiger partial charge in [0.15, 0.2) is 0 Å². The molecular weight excluding hydrogens is 306 g/mol. The summed E-state index contributed by atoms with van der Waals surface area (Å²) in [5.74, 6) is 0. The Morgan fingerprint density at radius 1 is 1.33 bits per heavy atom. The van der Waals surface area contributed by atoms with Crippen LogP contribution in [0.2, 0.25) is 0 Å². The first-order valence-corrected chi connectivity index (χ1v) is 7.94. The smallest absolute Gasteiger partial charge is 0.0361 e. The fraction of sp³-hybridized carbons (Fsp3) is 0.333. The van der Waals surface area contributed by atoms with Gasteiger partial charge in [-0.25, -0.2) is 0 Å². The number of halogens is 1. The van der Waals surface area contributed by atoms with Crippen LogP contribution in [0.1, 0.15) is 29.7 Å². The van der Waals surface area contributed by atoms with Crippen molar-refractivity contribution >= 4 is 27.3 Å². The largest absolute Gasteiger partial charge is 0.310 e. The van der Waals surface area contributed by atoms with Gasteiger partial charge < -0.3 is 5.32 Å². The molecule has 1 heterocycles. The summed E-state index contributed by atoms with van der Waals surface area (Å²) in [6, 6.07) is 9.23. The van der Waals surface area contributed by atoms with Crippen LogP contribution in [0.3, 0.4) is 0 Å². The summed E-state index contributed by atoms with van der Waals surface area (Å²) in [7, 11) is 0. The summed E-state index contributed by atoms with van der Waals surface area (Å²) >= 11 is 5.38. The van der Waals surface area contributed by atoms with Gasteiger partial charge in [-0.1, -0.05) is 35.0 Å². The molecule has 0 amide bonds. The summed E-state index contributed by atoms with van der Waals surface area (Å²) in [6.45, 7) is 5.26.